The number of hydrogen-bond donors (Lipinski definition) is 1. The van der Waals surface area contributed by atoms with Gasteiger partial charge in [-0.3, -0.25) is 14.1 Å². The van der Waals surface area contributed by atoms with Crippen molar-refractivity contribution in [1.29, 1.82) is 0 Å². The average Bonchev–Trinajstić information content (AvgIpc) is 2.48. The fraction of sp³-hybridized carbons (Fsp3) is 0.500. The van der Waals surface area contributed by atoms with Gasteiger partial charge in [0, 0.05) is 31.4 Å². The summed E-state index contributed by atoms with van der Waals surface area (Å²) in [4.78, 5) is 18.9. The van der Waals surface area contributed by atoms with Gasteiger partial charge in [-0.25, -0.2) is 4.98 Å². The second-order valence-corrected chi connectivity index (χ2v) is 5.86. The van der Waals surface area contributed by atoms with Crippen LogP contribution in [0.3, 0.4) is 0 Å². The Bertz CT molecular complexity index is 661. The molecule has 1 unspecified atom stereocenters. The van der Waals surface area contributed by atoms with E-state index in [4.69, 9.17) is 0 Å². The number of nitrogens with one attached hydrogen (secondary N) is 1. The molecule has 0 radical (unpaired) electrons. The number of likely N-dealkylation sites (N-methyl/N-ethyl adjacent to an activating group) is 1. The Balaban J connectivity index is 1.70. The Morgan fingerprint density at radius 3 is 3.14 bits per heavy atom. The number of nitrogens with zero attached hydrogens (tertiary/aromatic N) is 3. The lowest BCUT2D eigenvalue weighted by Crippen LogP contribution is -2.42. The number of piperidine rings is 1. The number of hydrogen-bond acceptors (Lipinski definition) is 4. The van der Waals surface area contributed by atoms with Crippen LogP contribution in [0.15, 0.2) is 35.3 Å². The van der Waals surface area contributed by atoms with E-state index >= 15 is 0 Å². The predicted octanol–water partition coefficient (Wildman–Crippen LogP) is 1.27. The van der Waals surface area contributed by atoms with Crippen LogP contribution in [0.1, 0.15) is 25.0 Å². The zero-order valence-electron chi connectivity index (χ0n) is 12.5. The van der Waals surface area contributed by atoms with Crippen LogP contribution in [0.4, 0.5) is 0 Å². The fourth-order valence-corrected chi connectivity index (χ4v) is 2.98. The van der Waals surface area contributed by atoms with Gasteiger partial charge >= 0.3 is 0 Å². The van der Waals surface area contributed by atoms with Crippen molar-refractivity contribution in [3.05, 3.63) is 46.5 Å². The fourth-order valence-electron chi connectivity index (χ4n) is 2.98. The van der Waals surface area contributed by atoms with Crippen molar-refractivity contribution in [3.8, 4) is 0 Å². The molecular formula is C16H22N4O. The maximum atomic E-state index is 12.1. The molecule has 0 amide bonds. The lowest BCUT2D eigenvalue weighted by atomic mass is 10.0. The minimum Gasteiger partial charge on any atom is -0.313 e. The van der Waals surface area contributed by atoms with Crippen LogP contribution in [0, 0.1) is 0 Å². The molecular weight excluding hydrogens is 264 g/mol. The quantitative estimate of drug-likeness (QED) is 0.919. The smallest absolute Gasteiger partial charge is 0.258 e. The third-order valence-corrected chi connectivity index (χ3v) is 4.00. The predicted molar refractivity (Wildman–Crippen MR) is 83.4 cm³/mol. The van der Waals surface area contributed by atoms with Gasteiger partial charge in [-0.1, -0.05) is 12.5 Å². The summed E-state index contributed by atoms with van der Waals surface area (Å²) < 4.78 is 1.58. The van der Waals surface area contributed by atoms with E-state index < -0.39 is 0 Å². The minimum atomic E-state index is -0.0141. The molecule has 2 aromatic rings. The van der Waals surface area contributed by atoms with Crippen molar-refractivity contribution >= 4 is 5.65 Å². The summed E-state index contributed by atoms with van der Waals surface area (Å²) in [6.07, 6.45) is 5.58. The van der Waals surface area contributed by atoms with Crippen LogP contribution in [-0.2, 0) is 6.54 Å². The van der Waals surface area contributed by atoms with Gasteiger partial charge in [0.25, 0.3) is 5.56 Å². The van der Waals surface area contributed by atoms with Crippen molar-refractivity contribution in [1.82, 2.24) is 19.6 Å². The molecule has 1 atom stereocenters. The SMILES string of the molecule is CN(Cc1cc(=O)n2ccccc2n1)CC1CCCCN1. The number of pyridine rings is 1. The van der Waals surface area contributed by atoms with Crippen molar-refractivity contribution in [2.45, 2.75) is 31.8 Å². The van der Waals surface area contributed by atoms with E-state index in [9.17, 15) is 4.79 Å². The third kappa shape index (κ3) is 3.49. The summed E-state index contributed by atoms with van der Waals surface area (Å²) in [6, 6.07) is 7.81. The molecule has 0 aliphatic carbocycles. The van der Waals surface area contributed by atoms with Crippen LogP contribution < -0.4 is 10.9 Å². The average molecular weight is 286 g/mol. The zero-order chi connectivity index (χ0) is 14.7. The Hall–Kier alpha value is -1.72. The number of fused-ring (bicyclic) bond motifs is 1. The van der Waals surface area contributed by atoms with Crippen LogP contribution in [0.5, 0.6) is 0 Å². The number of rotatable bonds is 4. The molecule has 0 bridgehead atoms. The highest BCUT2D eigenvalue weighted by atomic mass is 16.1. The van der Waals surface area contributed by atoms with Crippen molar-refractivity contribution < 1.29 is 0 Å². The minimum absolute atomic E-state index is 0.0141. The first kappa shape index (κ1) is 14.2. The monoisotopic (exact) mass is 286 g/mol. The topological polar surface area (TPSA) is 49.6 Å². The molecule has 1 aliphatic heterocycles. The highest BCUT2D eigenvalue weighted by molar-refractivity contribution is 5.37. The van der Waals surface area contributed by atoms with Gasteiger partial charge < -0.3 is 5.32 Å². The Kier molecular flexibility index (Phi) is 4.31. The summed E-state index contributed by atoms with van der Waals surface area (Å²) in [5.41, 5.74) is 1.54. The Morgan fingerprint density at radius 2 is 2.33 bits per heavy atom. The second kappa shape index (κ2) is 6.37. The van der Waals surface area contributed by atoms with E-state index in [0.29, 0.717) is 18.2 Å². The Morgan fingerprint density at radius 1 is 1.43 bits per heavy atom. The number of aromatic nitrogens is 2. The van der Waals surface area contributed by atoms with Gasteiger partial charge in [-0.2, -0.15) is 0 Å². The normalized spacial score (nSPS) is 19.2. The molecule has 1 fully saturated rings. The summed E-state index contributed by atoms with van der Waals surface area (Å²) in [5, 5.41) is 3.55. The molecule has 0 spiro atoms. The van der Waals surface area contributed by atoms with E-state index in [1.165, 1.54) is 19.3 Å². The maximum Gasteiger partial charge on any atom is 0.258 e. The summed E-state index contributed by atoms with van der Waals surface area (Å²) in [5.74, 6) is 0. The molecule has 112 valence electrons. The summed E-state index contributed by atoms with van der Waals surface area (Å²) >= 11 is 0. The molecule has 1 N–H and O–H groups in total. The molecule has 2 aromatic heterocycles. The maximum absolute atomic E-state index is 12.1. The molecule has 3 rings (SSSR count). The highest BCUT2D eigenvalue weighted by Gasteiger charge is 2.15. The second-order valence-electron chi connectivity index (χ2n) is 5.86. The van der Waals surface area contributed by atoms with Gasteiger partial charge in [-0.15, -0.1) is 0 Å². The van der Waals surface area contributed by atoms with E-state index in [1.54, 1.807) is 16.7 Å². The van der Waals surface area contributed by atoms with Gasteiger partial charge in [0.1, 0.15) is 5.65 Å². The molecule has 21 heavy (non-hydrogen) atoms. The van der Waals surface area contributed by atoms with Crippen LogP contribution in [-0.4, -0.2) is 40.5 Å². The Labute approximate surface area is 124 Å². The lowest BCUT2D eigenvalue weighted by molar-refractivity contribution is 0.254. The first-order chi connectivity index (χ1) is 10.2. The largest absolute Gasteiger partial charge is 0.313 e. The van der Waals surface area contributed by atoms with Gasteiger partial charge in [0.15, 0.2) is 0 Å². The summed E-state index contributed by atoms with van der Waals surface area (Å²) in [6.45, 7) is 2.82. The van der Waals surface area contributed by atoms with Gasteiger partial charge in [0.05, 0.1) is 5.69 Å². The van der Waals surface area contributed by atoms with Crippen molar-refractivity contribution in [3.63, 3.8) is 0 Å². The first-order valence-electron chi connectivity index (χ1n) is 7.61. The molecule has 3 heterocycles. The summed E-state index contributed by atoms with van der Waals surface area (Å²) in [7, 11) is 2.09. The van der Waals surface area contributed by atoms with Gasteiger partial charge in [-0.05, 0) is 38.6 Å². The first-order valence-corrected chi connectivity index (χ1v) is 7.61. The van der Waals surface area contributed by atoms with Crippen LogP contribution in [0.25, 0.3) is 5.65 Å². The van der Waals surface area contributed by atoms with E-state index in [-0.39, 0.29) is 5.56 Å². The van der Waals surface area contributed by atoms with Crippen LogP contribution in [0.2, 0.25) is 0 Å². The molecule has 1 aliphatic rings. The lowest BCUT2D eigenvalue weighted by Gasteiger charge is -2.28. The van der Waals surface area contributed by atoms with Crippen LogP contribution >= 0.6 is 0 Å². The van der Waals surface area contributed by atoms with Crippen molar-refractivity contribution in [2.75, 3.05) is 20.1 Å². The molecule has 0 aromatic carbocycles. The molecule has 5 nitrogen and oxygen atoms in total. The van der Waals surface area contributed by atoms with E-state index in [1.807, 2.05) is 18.2 Å². The standard InChI is InChI=1S/C16H22N4O/c1-19(11-13-6-2-4-8-17-13)12-14-10-16(21)20-9-5-3-7-15(20)18-14/h3,5,7,9-10,13,17H,2,4,6,8,11-12H2,1H3. The molecule has 5 heteroatoms. The highest BCUT2D eigenvalue weighted by Crippen LogP contribution is 2.09. The zero-order valence-corrected chi connectivity index (χ0v) is 12.5. The van der Waals surface area contributed by atoms with Gasteiger partial charge in [0.2, 0.25) is 0 Å². The molecule has 0 saturated carbocycles. The third-order valence-electron chi connectivity index (χ3n) is 4.00. The molecule has 1 saturated heterocycles. The van der Waals surface area contributed by atoms with E-state index in [2.05, 4.69) is 22.2 Å². The van der Waals surface area contributed by atoms with Crippen molar-refractivity contribution in [2.24, 2.45) is 0 Å². The van der Waals surface area contributed by atoms with E-state index in [0.717, 1.165) is 18.8 Å².